The van der Waals surface area contributed by atoms with Gasteiger partial charge in [0.2, 0.25) is 0 Å². The topological polar surface area (TPSA) is 67.8 Å². The fourth-order valence-electron chi connectivity index (χ4n) is 2.63. The lowest BCUT2D eigenvalue weighted by Crippen LogP contribution is -2.39. The van der Waals surface area contributed by atoms with Crippen LogP contribution in [0.4, 0.5) is 5.69 Å². The van der Waals surface area contributed by atoms with Crippen molar-refractivity contribution in [3.8, 4) is 5.75 Å². The van der Waals surface area contributed by atoms with E-state index in [9.17, 15) is 5.11 Å². The molecule has 6 heteroatoms. The van der Waals surface area contributed by atoms with Crippen LogP contribution in [-0.4, -0.2) is 17.5 Å². The highest BCUT2D eigenvalue weighted by atomic mass is 35.5. The molecule has 1 aliphatic rings. The maximum Gasteiger partial charge on any atom is 0.176 e. The SMILES string of the molecule is CCCOc1ccc(C2(O)C(N)=Nc3ccc(Cl)cc32)c(Cl)c1. The van der Waals surface area contributed by atoms with E-state index in [1.807, 2.05) is 6.92 Å². The minimum absolute atomic E-state index is 0.0684. The van der Waals surface area contributed by atoms with Gasteiger partial charge in [-0.25, -0.2) is 4.99 Å². The number of amidine groups is 1. The Hall–Kier alpha value is -1.75. The van der Waals surface area contributed by atoms with Gasteiger partial charge < -0.3 is 15.6 Å². The lowest BCUT2D eigenvalue weighted by Gasteiger charge is -2.26. The fourth-order valence-corrected chi connectivity index (χ4v) is 3.11. The first-order valence-corrected chi connectivity index (χ1v) is 8.02. The number of fused-ring (bicyclic) bond motifs is 1. The molecule has 2 aromatic carbocycles. The number of aliphatic hydroxyl groups is 1. The minimum atomic E-state index is -1.60. The van der Waals surface area contributed by atoms with Gasteiger partial charge in [-0.05, 0) is 36.8 Å². The Kier molecular flexibility index (Phi) is 4.23. The van der Waals surface area contributed by atoms with Gasteiger partial charge in [-0.1, -0.05) is 36.2 Å². The number of aliphatic imine (C=N–C) groups is 1. The molecule has 0 amide bonds. The van der Waals surface area contributed by atoms with E-state index >= 15 is 0 Å². The molecule has 0 fully saturated rings. The van der Waals surface area contributed by atoms with Gasteiger partial charge in [-0.2, -0.15) is 0 Å². The number of benzene rings is 2. The maximum absolute atomic E-state index is 11.2. The predicted octanol–water partition coefficient (Wildman–Crippen LogP) is 4.02. The summed E-state index contributed by atoms with van der Waals surface area (Å²) in [4.78, 5) is 4.23. The molecule has 0 saturated heterocycles. The normalized spacial score (nSPS) is 19.4. The Morgan fingerprint density at radius 3 is 2.65 bits per heavy atom. The Morgan fingerprint density at radius 2 is 1.96 bits per heavy atom. The Labute approximate surface area is 144 Å². The summed E-state index contributed by atoms with van der Waals surface area (Å²) in [5.41, 5.74) is 5.95. The van der Waals surface area contributed by atoms with Crippen LogP contribution in [0.1, 0.15) is 24.5 Å². The number of hydrogen-bond donors (Lipinski definition) is 2. The first kappa shape index (κ1) is 16.1. The van der Waals surface area contributed by atoms with Crippen LogP contribution in [0.3, 0.4) is 0 Å². The molecular formula is C17H16Cl2N2O2. The number of hydrogen-bond acceptors (Lipinski definition) is 4. The van der Waals surface area contributed by atoms with Gasteiger partial charge >= 0.3 is 0 Å². The molecule has 3 N–H and O–H groups in total. The number of nitrogens with two attached hydrogens (primary N) is 1. The molecule has 0 radical (unpaired) electrons. The second-order valence-electron chi connectivity index (χ2n) is 5.36. The van der Waals surface area contributed by atoms with Crippen molar-refractivity contribution < 1.29 is 9.84 Å². The van der Waals surface area contributed by atoms with Crippen molar-refractivity contribution in [1.82, 2.24) is 0 Å². The summed E-state index contributed by atoms with van der Waals surface area (Å²) in [5, 5.41) is 12.1. The Bertz CT molecular complexity index is 792. The first-order chi connectivity index (χ1) is 11.0. The lowest BCUT2D eigenvalue weighted by atomic mass is 9.86. The van der Waals surface area contributed by atoms with Gasteiger partial charge in [0.05, 0.1) is 17.3 Å². The molecule has 0 saturated carbocycles. The fraction of sp³-hybridized carbons (Fsp3) is 0.235. The van der Waals surface area contributed by atoms with Gasteiger partial charge in [-0.15, -0.1) is 0 Å². The summed E-state index contributed by atoms with van der Waals surface area (Å²) in [7, 11) is 0. The van der Waals surface area contributed by atoms with Gasteiger partial charge in [0.25, 0.3) is 0 Å². The van der Waals surface area contributed by atoms with E-state index in [0.29, 0.717) is 39.2 Å². The Balaban J connectivity index is 2.08. The standard InChI is InChI=1S/C17H16Cl2N2O2/c1-2-7-23-11-4-5-12(14(19)9-11)17(22)13-8-10(18)3-6-15(13)21-16(17)20/h3-6,8-9,22H,2,7H2,1H3,(H2,20,21). The quantitative estimate of drug-likeness (QED) is 0.874. The molecule has 2 aromatic rings. The molecule has 1 unspecified atom stereocenters. The molecule has 1 heterocycles. The molecule has 1 aliphatic heterocycles. The highest BCUT2D eigenvalue weighted by molar-refractivity contribution is 6.32. The average Bonchev–Trinajstić information content (AvgIpc) is 2.77. The zero-order chi connectivity index (χ0) is 16.6. The van der Waals surface area contributed by atoms with Crippen LogP contribution in [-0.2, 0) is 5.60 Å². The van der Waals surface area contributed by atoms with Crippen LogP contribution < -0.4 is 10.5 Å². The molecule has 0 aliphatic carbocycles. The highest BCUT2D eigenvalue weighted by Gasteiger charge is 2.43. The molecule has 120 valence electrons. The summed E-state index contributed by atoms with van der Waals surface area (Å²) >= 11 is 12.4. The summed E-state index contributed by atoms with van der Waals surface area (Å²) < 4.78 is 5.55. The van der Waals surface area contributed by atoms with Crippen molar-refractivity contribution >= 4 is 34.7 Å². The van der Waals surface area contributed by atoms with Crippen LogP contribution in [0.2, 0.25) is 10.0 Å². The van der Waals surface area contributed by atoms with E-state index in [1.54, 1.807) is 36.4 Å². The number of rotatable bonds is 4. The molecule has 0 bridgehead atoms. The summed E-state index contributed by atoms with van der Waals surface area (Å²) in [6.45, 7) is 2.62. The van der Waals surface area contributed by atoms with Crippen molar-refractivity contribution in [2.45, 2.75) is 18.9 Å². The van der Waals surface area contributed by atoms with Crippen molar-refractivity contribution in [1.29, 1.82) is 0 Å². The summed E-state index contributed by atoms with van der Waals surface area (Å²) in [6.07, 6.45) is 0.898. The first-order valence-electron chi connectivity index (χ1n) is 7.26. The van der Waals surface area contributed by atoms with Crippen LogP contribution >= 0.6 is 23.2 Å². The zero-order valence-corrected chi connectivity index (χ0v) is 14.0. The maximum atomic E-state index is 11.2. The average molecular weight is 351 g/mol. The summed E-state index contributed by atoms with van der Waals surface area (Å²) in [5.74, 6) is 0.711. The second kappa shape index (κ2) is 6.04. The van der Waals surface area contributed by atoms with Crippen LogP contribution in [0, 0.1) is 0 Å². The molecule has 4 nitrogen and oxygen atoms in total. The number of nitrogens with zero attached hydrogens (tertiary/aromatic N) is 1. The number of ether oxygens (including phenoxy) is 1. The lowest BCUT2D eigenvalue weighted by molar-refractivity contribution is 0.158. The third-order valence-corrected chi connectivity index (χ3v) is 4.31. The van der Waals surface area contributed by atoms with Crippen molar-refractivity contribution in [3.05, 3.63) is 57.6 Å². The molecule has 0 spiro atoms. The van der Waals surface area contributed by atoms with Crippen molar-refractivity contribution in [3.63, 3.8) is 0 Å². The predicted molar refractivity (Wildman–Crippen MR) is 93.0 cm³/mol. The zero-order valence-electron chi connectivity index (χ0n) is 12.5. The largest absolute Gasteiger partial charge is 0.494 e. The van der Waals surface area contributed by atoms with E-state index in [-0.39, 0.29) is 5.84 Å². The van der Waals surface area contributed by atoms with E-state index in [1.165, 1.54) is 0 Å². The molecule has 1 atom stereocenters. The van der Waals surface area contributed by atoms with Gasteiger partial charge in [0, 0.05) is 16.1 Å². The molecule has 0 aromatic heterocycles. The molecular weight excluding hydrogens is 335 g/mol. The third kappa shape index (κ3) is 2.67. The van der Waals surface area contributed by atoms with E-state index in [4.69, 9.17) is 33.7 Å². The number of halogens is 2. The highest BCUT2D eigenvalue weighted by Crippen LogP contribution is 2.45. The van der Waals surface area contributed by atoms with Crippen molar-refractivity contribution in [2.24, 2.45) is 10.7 Å². The summed E-state index contributed by atoms with van der Waals surface area (Å²) in [6, 6.07) is 10.2. The van der Waals surface area contributed by atoms with Gasteiger partial charge in [-0.3, -0.25) is 0 Å². The monoisotopic (exact) mass is 350 g/mol. The molecule has 23 heavy (non-hydrogen) atoms. The third-order valence-electron chi connectivity index (χ3n) is 3.76. The second-order valence-corrected chi connectivity index (χ2v) is 6.20. The smallest absolute Gasteiger partial charge is 0.176 e. The van der Waals surface area contributed by atoms with E-state index < -0.39 is 5.60 Å². The van der Waals surface area contributed by atoms with Gasteiger partial charge in [0.15, 0.2) is 5.60 Å². The van der Waals surface area contributed by atoms with Crippen LogP contribution in [0.15, 0.2) is 41.4 Å². The van der Waals surface area contributed by atoms with Crippen LogP contribution in [0.5, 0.6) is 5.75 Å². The Morgan fingerprint density at radius 1 is 1.17 bits per heavy atom. The minimum Gasteiger partial charge on any atom is -0.494 e. The molecule has 3 rings (SSSR count). The van der Waals surface area contributed by atoms with Crippen molar-refractivity contribution in [2.75, 3.05) is 6.61 Å². The van der Waals surface area contributed by atoms with Crippen LogP contribution in [0.25, 0.3) is 0 Å². The van der Waals surface area contributed by atoms with Gasteiger partial charge in [0.1, 0.15) is 11.6 Å². The van der Waals surface area contributed by atoms with E-state index in [0.717, 1.165) is 6.42 Å². The van der Waals surface area contributed by atoms with E-state index in [2.05, 4.69) is 4.99 Å².